The zero-order chi connectivity index (χ0) is 15.4. The summed E-state index contributed by atoms with van der Waals surface area (Å²) in [5, 5.41) is 0. The van der Waals surface area contributed by atoms with Gasteiger partial charge in [-0.05, 0) is 24.3 Å². The molecule has 0 bridgehead atoms. The molecule has 0 fully saturated rings. The topological polar surface area (TPSA) is 73.3 Å². The second-order valence-electron chi connectivity index (χ2n) is 4.18. The van der Waals surface area contributed by atoms with E-state index in [9.17, 15) is 13.6 Å². The van der Waals surface area contributed by atoms with Crippen LogP contribution in [0.15, 0.2) is 42.9 Å². The first kappa shape index (κ1) is 14.6. The van der Waals surface area contributed by atoms with Crippen LogP contribution in [0, 0.1) is 11.6 Å². The summed E-state index contributed by atoms with van der Waals surface area (Å²) in [4.78, 5) is 18.5. The maximum Gasteiger partial charge on any atom is 0.178 e. The van der Waals surface area contributed by atoms with E-state index >= 15 is 0 Å². The fourth-order valence-electron chi connectivity index (χ4n) is 1.60. The molecular weight excluding hydrogens is 278 g/mol. The summed E-state index contributed by atoms with van der Waals surface area (Å²) in [6.07, 6.45) is 3.77. The Morgan fingerprint density at radius 1 is 1.10 bits per heavy atom. The Kier molecular flexibility index (Phi) is 4.22. The van der Waals surface area contributed by atoms with Crippen LogP contribution in [-0.4, -0.2) is 20.2 Å². The highest BCUT2D eigenvalue weighted by atomic mass is 19.1. The second-order valence-corrected chi connectivity index (χ2v) is 4.18. The van der Waals surface area contributed by atoms with E-state index < -0.39 is 0 Å². The second kappa shape index (κ2) is 6.08. The SMILES string of the molecule is CC(=O)c1cnc2ccc(F)cn12.Nc1ccc(F)cn1. The molecule has 5 nitrogen and oxygen atoms in total. The maximum atomic E-state index is 12.8. The van der Waals surface area contributed by atoms with E-state index in [-0.39, 0.29) is 17.4 Å². The fourth-order valence-corrected chi connectivity index (χ4v) is 1.60. The van der Waals surface area contributed by atoms with Crippen molar-refractivity contribution in [2.45, 2.75) is 6.92 Å². The summed E-state index contributed by atoms with van der Waals surface area (Å²) in [7, 11) is 0. The Morgan fingerprint density at radius 2 is 1.81 bits per heavy atom. The number of nitrogens with zero attached hydrogens (tertiary/aromatic N) is 3. The van der Waals surface area contributed by atoms with Crippen LogP contribution in [0.2, 0.25) is 0 Å². The number of nitrogens with two attached hydrogens (primary N) is 1. The highest BCUT2D eigenvalue weighted by molar-refractivity contribution is 5.93. The molecule has 3 heterocycles. The first-order chi connectivity index (χ1) is 9.97. The fraction of sp³-hybridized carbons (Fsp3) is 0.0714. The van der Waals surface area contributed by atoms with Gasteiger partial charge in [0.2, 0.25) is 0 Å². The van der Waals surface area contributed by atoms with Gasteiger partial charge in [-0.25, -0.2) is 18.7 Å². The standard InChI is InChI=1S/C9H7FN2O.C5H5FN2/c1-6(13)8-4-11-9-3-2-7(10)5-12(8)9;6-4-1-2-5(7)8-3-4/h2-5H,1H3;1-3H,(H2,7,8). The molecule has 0 atom stereocenters. The molecule has 2 N–H and O–H groups in total. The molecule has 21 heavy (non-hydrogen) atoms. The summed E-state index contributed by atoms with van der Waals surface area (Å²) < 4.78 is 26.2. The zero-order valence-corrected chi connectivity index (χ0v) is 11.1. The number of pyridine rings is 2. The number of hydrogen-bond acceptors (Lipinski definition) is 4. The molecule has 0 amide bonds. The molecule has 108 valence electrons. The number of aromatic nitrogens is 3. The first-order valence-electron chi connectivity index (χ1n) is 5.98. The van der Waals surface area contributed by atoms with Gasteiger partial charge in [0.25, 0.3) is 0 Å². The smallest absolute Gasteiger partial charge is 0.178 e. The number of carbonyl (C=O) groups excluding carboxylic acids is 1. The molecule has 3 aromatic heterocycles. The van der Waals surface area contributed by atoms with Gasteiger partial charge in [-0.3, -0.25) is 9.20 Å². The lowest BCUT2D eigenvalue weighted by Crippen LogP contribution is -1.98. The van der Waals surface area contributed by atoms with Gasteiger partial charge in [0.15, 0.2) is 5.78 Å². The molecule has 3 aromatic rings. The Bertz CT molecular complexity index is 747. The van der Waals surface area contributed by atoms with Gasteiger partial charge in [-0.1, -0.05) is 0 Å². The quantitative estimate of drug-likeness (QED) is 0.699. The van der Waals surface area contributed by atoms with E-state index in [0.29, 0.717) is 17.2 Å². The molecule has 0 aliphatic rings. The van der Waals surface area contributed by atoms with E-state index in [1.165, 1.54) is 48.0 Å². The van der Waals surface area contributed by atoms with Gasteiger partial charge >= 0.3 is 0 Å². The predicted molar refractivity (Wildman–Crippen MR) is 73.8 cm³/mol. The number of ketones is 1. The minimum Gasteiger partial charge on any atom is -0.384 e. The van der Waals surface area contributed by atoms with Crippen molar-refractivity contribution in [3.05, 3.63) is 60.2 Å². The van der Waals surface area contributed by atoms with E-state index in [4.69, 9.17) is 5.73 Å². The molecule has 0 saturated heterocycles. The predicted octanol–water partition coefficient (Wildman–Crippen LogP) is 2.48. The molecule has 0 radical (unpaired) electrons. The Balaban J connectivity index is 0.000000173. The normalized spacial score (nSPS) is 10.0. The van der Waals surface area contributed by atoms with Crippen molar-refractivity contribution in [2.75, 3.05) is 5.73 Å². The molecule has 7 heteroatoms. The Morgan fingerprint density at radius 3 is 2.38 bits per heavy atom. The Labute approximate surface area is 119 Å². The van der Waals surface area contributed by atoms with Crippen molar-refractivity contribution in [1.29, 1.82) is 0 Å². The lowest BCUT2D eigenvalue weighted by atomic mass is 10.3. The molecule has 0 unspecified atom stereocenters. The number of rotatable bonds is 1. The van der Waals surface area contributed by atoms with E-state index in [0.717, 1.165) is 6.20 Å². The number of Topliss-reactive ketones (excluding diaryl/α,β-unsaturated/α-hetero) is 1. The number of carbonyl (C=O) groups is 1. The number of hydrogen-bond donors (Lipinski definition) is 1. The van der Waals surface area contributed by atoms with Crippen LogP contribution in [0.5, 0.6) is 0 Å². The summed E-state index contributed by atoms with van der Waals surface area (Å²) in [5.41, 5.74) is 6.12. The van der Waals surface area contributed by atoms with Crippen LogP contribution in [0.4, 0.5) is 14.6 Å². The number of nitrogen functional groups attached to an aromatic ring is 1. The van der Waals surface area contributed by atoms with Crippen LogP contribution in [0.3, 0.4) is 0 Å². The zero-order valence-electron chi connectivity index (χ0n) is 11.1. The number of fused-ring (bicyclic) bond motifs is 1. The molecule has 0 aliphatic heterocycles. The minimum absolute atomic E-state index is 0.127. The number of imidazole rings is 1. The van der Waals surface area contributed by atoms with Crippen molar-refractivity contribution in [2.24, 2.45) is 0 Å². The lowest BCUT2D eigenvalue weighted by Gasteiger charge is -1.96. The monoisotopic (exact) mass is 290 g/mol. The van der Waals surface area contributed by atoms with Crippen LogP contribution < -0.4 is 5.73 Å². The molecule has 0 aliphatic carbocycles. The molecule has 0 aromatic carbocycles. The van der Waals surface area contributed by atoms with Gasteiger partial charge in [0.05, 0.1) is 12.4 Å². The van der Waals surface area contributed by atoms with Crippen molar-refractivity contribution in [3.8, 4) is 0 Å². The highest BCUT2D eigenvalue weighted by Crippen LogP contribution is 2.08. The third-order valence-electron chi connectivity index (χ3n) is 2.58. The van der Waals surface area contributed by atoms with E-state index in [1.54, 1.807) is 0 Å². The molecular formula is C14H12F2N4O. The van der Waals surface area contributed by atoms with E-state index in [2.05, 4.69) is 9.97 Å². The van der Waals surface area contributed by atoms with Crippen LogP contribution in [-0.2, 0) is 0 Å². The van der Waals surface area contributed by atoms with Crippen molar-refractivity contribution < 1.29 is 13.6 Å². The summed E-state index contributed by atoms with van der Waals surface area (Å²) in [6.45, 7) is 1.42. The largest absolute Gasteiger partial charge is 0.384 e. The number of halogens is 2. The first-order valence-corrected chi connectivity index (χ1v) is 5.98. The molecule has 0 spiro atoms. The van der Waals surface area contributed by atoms with Gasteiger partial charge in [0.1, 0.15) is 28.8 Å². The van der Waals surface area contributed by atoms with Gasteiger partial charge in [-0.15, -0.1) is 0 Å². The highest BCUT2D eigenvalue weighted by Gasteiger charge is 2.07. The third-order valence-corrected chi connectivity index (χ3v) is 2.58. The number of anilines is 1. The summed E-state index contributed by atoms with van der Waals surface area (Å²) in [6, 6.07) is 5.52. The summed E-state index contributed by atoms with van der Waals surface area (Å²) in [5.74, 6) is -0.531. The van der Waals surface area contributed by atoms with Crippen LogP contribution in [0.1, 0.15) is 17.4 Å². The maximum absolute atomic E-state index is 12.8. The van der Waals surface area contributed by atoms with E-state index in [1.807, 2.05) is 0 Å². The molecule has 0 saturated carbocycles. The Hall–Kier alpha value is -2.83. The van der Waals surface area contributed by atoms with Crippen molar-refractivity contribution in [3.63, 3.8) is 0 Å². The van der Waals surface area contributed by atoms with Crippen molar-refractivity contribution >= 4 is 17.2 Å². The molecule has 3 rings (SSSR count). The summed E-state index contributed by atoms with van der Waals surface area (Å²) >= 11 is 0. The van der Waals surface area contributed by atoms with Crippen LogP contribution >= 0.6 is 0 Å². The van der Waals surface area contributed by atoms with Gasteiger partial charge in [-0.2, -0.15) is 0 Å². The minimum atomic E-state index is -0.381. The lowest BCUT2D eigenvalue weighted by molar-refractivity contribution is 0.101. The van der Waals surface area contributed by atoms with Crippen LogP contribution in [0.25, 0.3) is 5.65 Å². The van der Waals surface area contributed by atoms with Crippen molar-refractivity contribution in [1.82, 2.24) is 14.4 Å². The third kappa shape index (κ3) is 3.59. The van der Waals surface area contributed by atoms with Gasteiger partial charge in [0, 0.05) is 13.1 Å². The van der Waals surface area contributed by atoms with Gasteiger partial charge < -0.3 is 5.73 Å². The average Bonchev–Trinajstić information content (AvgIpc) is 2.86. The average molecular weight is 290 g/mol.